The summed E-state index contributed by atoms with van der Waals surface area (Å²) in [6, 6.07) is 5.86. The predicted octanol–water partition coefficient (Wildman–Crippen LogP) is 2.01. The average molecular weight is 249 g/mol. The van der Waals surface area contributed by atoms with E-state index >= 15 is 0 Å². The molecule has 18 heavy (non-hydrogen) atoms. The number of carbonyl (C=O) groups excluding carboxylic acids is 1. The van der Waals surface area contributed by atoms with Gasteiger partial charge in [0.2, 0.25) is 5.91 Å². The summed E-state index contributed by atoms with van der Waals surface area (Å²) < 4.78 is 10.5. The summed E-state index contributed by atoms with van der Waals surface area (Å²) in [6.45, 7) is 1.14. The monoisotopic (exact) mass is 249 g/mol. The molecule has 4 heteroatoms. The number of amides is 1. The molecule has 1 amide bonds. The standard InChI is InChI=1S/C14H19NO3/c1-17-10-9-15-12-6-4-7-13(18-2)11(12)5-3-8-14(15)16/h4,6-7H,3,5,8-10H2,1-2H3. The maximum Gasteiger partial charge on any atom is 0.227 e. The summed E-state index contributed by atoms with van der Waals surface area (Å²) in [5.74, 6) is 1.03. The highest BCUT2D eigenvalue weighted by Gasteiger charge is 2.23. The summed E-state index contributed by atoms with van der Waals surface area (Å²) in [5, 5.41) is 0. The minimum atomic E-state index is 0.166. The van der Waals surface area contributed by atoms with Crippen LogP contribution >= 0.6 is 0 Å². The minimum Gasteiger partial charge on any atom is -0.496 e. The Kier molecular flexibility index (Phi) is 4.20. The number of methoxy groups -OCH3 is 2. The highest BCUT2D eigenvalue weighted by Crippen LogP contribution is 2.33. The van der Waals surface area contributed by atoms with Gasteiger partial charge in [-0.15, -0.1) is 0 Å². The van der Waals surface area contributed by atoms with Crippen molar-refractivity contribution < 1.29 is 14.3 Å². The third-order valence-electron chi connectivity index (χ3n) is 3.26. The van der Waals surface area contributed by atoms with E-state index in [0.717, 1.165) is 29.8 Å². The number of carbonyl (C=O) groups is 1. The maximum atomic E-state index is 12.1. The van der Waals surface area contributed by atoms with E-state index in [-0.39, 0.29) is 5.91 Å². The van der Waals surface area contributed by atoms with Crippen LogP contribution in [-0.2, 0) is 16.0 Å². The third kappa shape index (κ3) is 2.48. The lowest BCUT2D eigenvalue weighted by Crippen LogP contribution is -2.33. The number of benzene rings is 1. The minimum absolute atomic E-state index is 0.166. The zero-order valence-electron chi connectivity index (χ0n) is 10.9. The van der Waals surface area contributed by atoms with Crippen molar-refractivity contribution in [2.24, 2.45) is 0 Å². The molecule has 2 rings (SSSR count). The van der Waals surface area contributed by atoms with Crippen LogP contribution in [0.15, 0.2) is 18.2 Å². The second-order valence-corrected chi connectivity index (χ2v) is 4.35. The van der Waals surface area contributed by atoms with E-state index in [1.807, 2.05) is 23.1 Å². The molecular formula is C14H19NO3. The van der Waals surface area contributed by atoms with Crippen molar-refractivity contribution in [2.75, 3.05) is 32.3 Å². The second-order valence-electron chi connectivity index (χ2n) is 4.35. The SMILES string of the molecule is COCCN1C(=O)CCCc2c(OC)cccc21. The molecule has 0 unspecified atom stereocenters. The van der Waals surface area contributed by atoms with Gasteiger partial charge in [-0.25, -0.2) is 0 Å². The molecule has 0 N–H and O–H groups in total. The predicted molar refractivity (Wildman–Crippen MR) is 70.2 cm³/mol. The number of nitrogens with zero attached hydrogens (tertiary/aromatic N) is 1. The largest absolute Gasteiger partial charge is 0.496 e. The Bertz CT molecular complexity index is 431. The Morgan fingerprint density at radius 3 is 2.83 bits per heavy atom. The van der Waals surface area contributed by atoms with Gasteiger partial charge in [-0.3, -0.25) is 4.79 Å². The van der Waals surface area contributed by atoms with Crippen molar-refractivity contribution >= 4 is 11.6 Å². The van der Waals surface area contributed by atoms with Gasteiger partial charge in [0.25, 0.3) is 0 Å². The summed E-state index contributed by atoms with van der Waals surface area (Å²) >= 11 is 0. The van der Waals surface area contributed by atoms with Crippen LogP contribution in [0, 0.1) is 0 Å². The molecule has 1 heterocycles. The lowest BCUT2D eigenvalue weighted by atomic mass is 10.1. The van der Waals surface area contributed by atoms with Gasteiger partial charge in [0.15, 0.2) is 0 Å². The van der Waals surface area contributed by atoms with Crippen LogP contribution in [0.2, 0.25) is 0 Å². The lowest BCUT2D eigenvalue weighted by molar-refractivity contribution is -0.118. The molecule has 1 aliphatic heterocycles. The van der Waals surface area contributed by atoms with Crippen LogP contribution in [0.1, 0.15) is 18.4 Å². The number of anilines is 1. The Labute approximate surface area is 107 Å². The van der Waals surface area contributed by atoms with Gasteiger partial charge in [-0.05, 0) is 25.0 Å². The van der Waals surface area contributed by atoms with Crippen LogP contribution in [0.5, 0.6) is 5.75 Å². The number of fused-ring (bicyclic) bond motifs is 1. The van der Waals surface area contributed by atoms with E-state index in [0.29, 0.717) is 19.6 Å². The number of rotatable bonds is 4. The van der Waals surface area contributed by atoms with Crippen molar-refractivity contribution in [1.82, 2.24) is 0 Å². The molecule has 0 bridgehead atoms. The number of hydrogen-bond donors (Lipinski definition) is 0. The quantitative estimate of drug-likeness (QED) is 0.819. The third-order valence-corrected chi connectivity index (χ3v) is 3.26. The Morgan fingerprint density at radius 1 is 1.28 bits per heavy atom. The van der Waals surface area contributed by atoms with Crippen molar-refractivity contribution in [3.05, 3.63) is 23.8 Å². The zero-order chi connectivity index (χ0) is 13.0. The molecular weight excluding hydrogens is 230 g/mol. The molecule has 4 nitrogen and oxygen atoms in total. The first kappa shape index (κ1) is 12.9. The Hall–Kier alpha value is -1.55. The van der Waals surface area contributed by atoms with E-state index in [4.69, 9.17) is 9.47 Å². The van der Waals surface area contributed by atoms with Crippen LogP contribution in [0.3, 0.4) is 0 Å². The first-order valence-corrected chi connectivity index (χ1v) is 6.23. The summed E-state index contributed by atoms with van der Waals surface area (Å²) in [4.78, 5) is 13.9. The topological polar surface area (TPSA) is 38.8 Å². The van der Waals surface area contributed by atoms with Crippen molar-refractivity contribution in [3.8, 4) is 5.75 Å². The molecule has 0 aliphatic carbocycles. The fourth-order valence-electron chi connectivity index (χ4n) is 2.36. The van der Waals surface area contributed by atoms with Crippen molar-refractivity contribution in [2.45, 2.75) is 19.3 Å². The highest BCUT2D eigenvalue weighted by molar-refractivity contribution is 5.95. The van der Waals surface area contributed by atoms with Gasteiger partial charge >= 0.3 is 0 Å². The van der Waals surface area contributed by atoms with Gasteiger partial charge < -0.3 is 14.4 Å². The highest BCUT2D eigenvalue weighted by atomic mass is 16.5. The first-order chi connectivity index (χ1) is 8.77. The van der Waals surface area contributed by atoms with Crippen molar-refractivity contribution in [1.29, 1.82) is 0 Å². The summed E-state index contributed by atoms with van der Waals surface area (Å²) in [7, 11) is 3.32. The van der Waals surface area contributed by atoms with E-state index in [9.17, 15) is 4.79 Å². The Balaban J connectivity index is 2.38. The van der Waals surface area contributed by atoms with Gasteiger partial charge in [-0.2, -0.15) is 0 Å². The van der Waals surface area contributed by atoms with E-state index < -0.39 is 0 Å². The molecule has 98 valence electrons. The fourth-order valence-corrected chi connectivity index (χ4v) is 2.36. The molecule has 0 fully saturated rings. The van der Waals surface area contributed by atoms with Gasteiger partial charge in [0.1, 0.15) is 5.75 Å². The molecule has 1 aromatic carbocycles. The molecule has 0 radical (unpaired) electrons. The van der Waals surface area contributed by atoms with E-state index in [1.54, 1.807) is 14.2 Å². The normalized spacial score (nSPS) is 15.2. The second kappa shape index (κ2) is 5.87. The zero-order valence-corrected chi connectivity index (χ0v) is 10.9. The summed E-state index contributed by atoms with van der Waals surface area (Å²) in [6.07, 6.45) is 2.34. The van der Waals surface area contributed by atoms with E-state index in [1.165, 1.54) is 0 Å². The van der Waals surface area contributed by atoms with E-state index in [2.05, 4.69) is 0 Å². The van der Waals surface area contributed by atoms with Crippen LogP contribution in [0.4, 0.5) is 5.69 Å². The molecule has 0 aromatic heterocycles. The van der Waals surface area contributed by atoms with Crippen LogP contribution in [-0.4, -0.2) is 33.3 Å². The van der Waals surface area contributed by atoms with Gasteiger partial charge in [-0.1, -0.05) is 6.07 Å². The lowest BCUT2D eigenvalue weighted by Gasteiger charge is -2.23. The number of hydrogen-bond acceptors (Lipinski definition) is 3. The number of ether oxygens (including phenoxy) is 2. The van der Waals surface area contributed by atoms with Crippen molar-refractivity contribution in [3.63, 3.8) is 0 Å². The van der Waals surface area contributed by atoms with Gasteiger partial charge in [0, 0.05) is 25.6 Å². The molecule has 1 aromatic rings. The van der Waals surface area contributed by atoms with Crippen LogP contribution < -0.4 is 9.64 Å². The molecule has 0 atom stereocenters. The molecule has 0 saturated heterocycles. The Morgan fingerprint density at radius 2 is 2.11 bits per heavy atom. The molecule has 1 aliphatic rings. The summed E-state index contributed by atoms with van der Waals surface area (Å²) in [5.41, 5.74) is 2.09. The first-order valence-electron chi connectivity index (χ1n) is 6.23. The fraction of sp³-hybridized carbons (Fsp3) is 0.500. The molecule has 0 spiro atoms. The van der Waals surface area contributed by atoms with Crippen LogP contribution in [0.25, 0.3) is 0 Å². The van der Waals surface area contributed by atoms with Gasteiger partial charge in [0.05, 0.1) is 19.4 Å². The average Bonchev–Trinajstić information content (AvgIpc) is 2.55. The molecule has 0 saturated carbocycles. The smallest absolute Gasteiger partial charge is 0.227 e. The maximum absolute atomic E-state index is 12.1.